The molecule has 8 aromatic carbocycles. The van der Waals surface area contributed by atoms with Crippen LogP contribution in [0.3, 0.4) is 0 Å². The predicted octanol–water partition coefficient (Wildman–Crippen LogP) is 13.4. The molecule has 3 heterocycles. The van der Waals surface area contributed by atoms with Crippen LogP contribution in [-0.4, -0.2) is 4.57 Å². The summed E-state index contributed by atoms with van der Waals surface area (Å²) in [4.78, 5) is 0. The molecule has 10 aromatic rings. The van der Waals surface area contributed by atoms with Gasteiger partial charge in [-0.15, -0.1) is 0 Å². The first-order valence-corrected chi connectivity index (χ1v) is 19.3. The lowest BCUT2D eigenvalue weighted by Gasteiger charge is -2.46. The molecule has 1 aliphatic heterocycles. The SMILES string of the molecule is CC1(C)c2ccccc2C2(c3ccccc31)c1ccc(Nc3cccc4oc5ccccc5c34)c3c1-c1c2ccc2c4ccccc4n(c12)-c1ccccc1-3. The van der Waals surface area contributed by atoms with Crippen LogP contribution in [0, 0.1) is 0 Å². The van der Waals surface area contributed by atoms with Crippen molar-refractivity contribution in [3.63, 3.8) is 0 Å². The van der Waals surface area contributed by atoms with Crippen molar-refractivity contribution >= 4 is 55.1 Å². The minimum atomic E-state index is -0.511. The van der Waals surface area contributed by atoms with Crippen LogP contribution in [0.1, 0.15) is 47.2 Å². The topological polar surface area (TPSA) is 30.1 Å². The van der Waals surface area contributed by atoms with E-state index in [0.717, 1.165) is 33.3 Å². The maximum Gasteiger partial charge on any atom is 0.137 e. The third-order valence-electron chi connectivity index (χ3n) is 13.2. The Kier molecular flexibility index (Phi) is 5.39. The van der Waals surface area contributed by atoms with E-state index in [2.05, 4.69) is 181 Å². The van der Waals surface area contributed by atoms with Gasteiger partial charge in [-0.25, -0.2) is 0 Å². The maximum atomic E-state index is 6.37. The Hall–Kier alpha value is -6.84. The maximum absolute atomic E-state index is 6.37. The van der Waals surface area contributed by atoms with Crippen LogP contribution in [0.2, 0.25) is 0 Å². The minimum absolute atomic E-state index is 0.166. The summed E-state index contributed by atoms with van der Waals surface area (Å²) in [6.07, 6.45) is 0. The van der Waals surface area contributed by atoms with E-state index in [1.54, 1.807) is 0 Å². The van der Waals surface area contributed by atoms with Crippen LogP contribution in [0.25, 0.3) is 71.7 Å². The zero-order chi connectivity index (χ0) is 36.2. The summed E-state index contributed by atoms with van der Waals surface area (Å²) >= 11 is 0. The van der Waals surface area contributed by atoms with Gasteiger partial charge in [-0.3, -0.25) is 0 Å². The van der Waals surface area contributed by atoms with E-state index in [-0.39, 0.29) is 5.41 Å². The van der Waals surface area contributed by atoms with E-state index in [9.17, 15) is 0 Å². The molecule has 1 N–H and O–H groups in total. The normalized spacial score (nSPS) is 15.0. The molecular weight excluding hydrogens is 669 g/mol. The van der Waals surface area contributed by atoms with Gasteiger partial charge in [0.05, 0.1) is 33.2 Å². The fraction of sp³-hybridized carbons (Fsp3) is 0.0769. The number of anilines is 2. The van der Waals surface area contributed by atoms with Crippen LogP contribution in [0.15, 0.2) is 168 Å². The summed E-state index contributed by atoms with van der Waals surface area (Å²) in [5, 5.41) is 8.80. The third kappa shape index (κ3) is 3.40. The first kappa shape index (κ1) is 29.6. The van der Waals surface area contributed by atoms with E-state index in [1.165, 1.54) is 83.1 Å². The Bertz CT molecular complexity index is 3290. The third-order valence-corrected chi connectivity index (χ3v) is 13.2. The van der Waals surface area contributed by atoms with Gasteiger partial charge < -0.3 is 14.3 Å². The number of para-hydroxylation sites is 3. The molecule has 3 nitrogen and oxygen atoms in total. The summed E-state index contributed by atoms with van der Waals surface area (Å²) in [6, 6.07) is 60.8. The van der Waals surface area contributed by atoms with E-state index < -0.39 is 5.41 Å². The van der Waals surface area contributed by atoms with E-state index in [1.807, 2.05) is 6.07 Å². The van der Waals surface area contributed by atoms with Gasteiger partial charge >= 0.3 is 0 Å². The summed E-state index contributed by atoms with van der Waals surface area (Å²) in [5.74, 6) is 0. The molecule has 3 aliphatic rings. The van der Waals surface area contributed by atoms with Gasteiger partial charge in [0.1, 0.15) is 11.2 Å². The monoisotopic (exact) mass is 702 g/mol. The van der Waals surface area contributed by atoms with Crippen molar-refractivity contribution in [1.82, 2.24) is 4.57 Å². The first-order chi connectivity index (χ1) is 27.1. The molecule has 2 aromatic heterocycles. The van der Waals surface area contributed by atoms with Gasteiger partial charge in [-0.2, -0.15) is 0 Å². The summed E-state index contributed by atoms with van der Waals surface area (Å²) < 4.78 is 8.93. The Balaban J connectivity index is 1.23. The number of hydrogen-bond acceptors (Lipinski definition) is 2. The summed E-state index contributed by atoms with van der Waals surface area (Å²) in [6.45, 7) is 4.79. The number of nitrogens with zero attached hydrogens (tertiary/aromatic N) is 1. The van der Waals surface area contributed by atoms with Crippen molar-refractivity contribution in [3.8, 4) is 27.9 Å². The second kappa shape index (κ2) is 10.0. The van der Waals surface area contributed by atoms with E-state index >= 15 is 0 Å². The van der Waals surface area contributed by atoms with Crippen molar-refractivity contribution < 1.29 is 4.42 Å². The van der Waals surface area contributed by atoms with Crippen LogP contribution in [0.5, 0.6) is 0 Å². The average Bonchev–Trinajstić information content (AvgIpc) is 3.84. The molecule has 0 bridgehead atoms. The molecule has 2 aliphatic carbocycles. The van der Waals surface area contributed by atoms with Gasteiger partial charge in [0.2, 0.25) is 0 Å². The smallest absolute Gasteiger partial charge is 0.137 e. The molecular formula is C52H34N2O. The number of fused-ring (bicyclic) bond motifs is 15. The zero-order valence-corrected chi connectivity index (χ0v) is 30.4. The lowest BCUT2D eigenvalue weighted by molar-refractivity contribution is 0.563. The highest BCUT2D eigenvalue weighted by Gasteiger charge is 2.55. The Morgan fingerprint density at radius 3 is 1.91 bits per heavy atom. The Morgan fingerprint density at radius 1 is 0.455 bits per heavy atom. The molecule has 1 spiro atoms. The molecule has 0 unspecified atom stereocenters. The fourth-order valence-corrected chi connectivity index (χ4v) is 11.1. The molecule has 258 valence electrons. The summed E-state index contributed by atoms with van der Waals surface area (Å²) in [7, 11) is 0. The highest BCUT2D eigenvalue weighted by Crippen LogP contribution is 2.66. The van der Waals surface area contributed by atoms with Crippen molar-refractivity contribution in [2.45, 2.75) is 24.7 Å². The predicted molar refractivity (Wildman–Crippen MR) is 226 cm³/mol. The quantitative estimate of drug-likeness (QED) is 0.194. The molecule has 0 saturated heterocycles. The number of furan rings is 1. The Labute approximate surface area is 318 Å². The molecule has 0 atom stereocenters. The van der Waals surface area contributed by atoms with Crippen molar-refractivity contribution in [2.24, 2.45) is 0 Å². The molecule has 0 fully saturated rings. The molecule has 0 saturated carbocycles. The van der Waals surface area contributed by atoms with Crippen molar-refractivity contribution in [3.05, 3.63) is 197 Å². The molecule has 0 amide bonds. The summed E-state index contributed by atoms with van der Waals surface area (Å²) in [5.41, 5.74) is 20.2. The van der Waals surface area contributed by atoms with Crippen molar-refractivity contribution in [1.29, 1.82) is 0 Å². The number of benzene rings is 8. The van der Waals surface area contributed by atoms with Crippen LogP contribution in [-0.2, 0) is 10.8 Å². The van der Waals surface area contributed by atoms with Crippen LogP contribution < -0.4 is 5.32 Å². The highest BCUT2D eigenvalue weighted by atomic mass is 16.3. The largest absolute Gasteiger partial charge is 0.456 e. The molecule has 0 radical (unpaired) electrons. The Morgan fingerprint density at radius 2 is 1.09 bits per heavy atom. The number of hydrogen-bond donors (Lipinski definition) is 1. The van der Waals surface area contributed by atoms with Crippen LogP contribution in [0.4, 0.5) is 11.4 Å². The number of aromatic nitrogens is 1. The van der Waals surface area contributed by atoms with Gasteiger partial charge in [-0.05, 0) is 75.3 Å². The van der Waals surface area contributed by atoms with Gasteiger partial charge in [0.15, 0.2) is 0 Å². The average molecular weight is 703 g/mol. The highest BCUT2D eigenvalue weighted by molar-refractivity contribution is 6.21. The standard InChI is InChI=1S/C52H34N2O/c1-51(2)34-17-6-8-19-36(34)52(37-20-9-7-18-35(37)51)38-28-29-41(53-40-21-13-25-45-46(40)33-16-5-12-24-44(33)55-45)47-32-15-4-11-23-43(32)54-42-22-10-3-14-30(42)31-26-27-39(52)49(48(38)47)50(31)54/h3-29,53H,1-2H3. The fourth-order valence-electron chi connectivity index (χ4n) is 11.1. The molecule has 13 rings (SSSR count). The zero-order valence-electron chi connectivity index (χ0n) is 30.4. The lowest BCUT2D eigenvalue weighted by atomic mass is 9.55. The van der Waals surface area contributed by atoms with Crippen LogP contribution >= 0.6 is 0 Å². The molecule has 3 heteroatoms. The minimum Gasteiger partial charge on any atom is -0.456 e. The first-order valence-electron chi connectivity index (χ1n) is 19.3. The van der Waals surface area contributed by atoms with Gasteiger partial charge in [0.25, 0.3) is 0 Å². The van der Waals surface area contributed by atoms with Gasteiger partial charge in [0, 0.05) is 44.0 Å². The van der Waals surface area contributed by atoms with Crippen molar-refractivity contribution in [2.75, 3.05) is 5.32 Å². The van der Waals surface area contributed by atoms with E-state index in [0.29, 0.717) is 0 Å². The number of rotatable bonds is 2. The van der Waals surface area contributed by atoms with Gasteiger partial charge in [-0.1, -0.05) is 141 Å². The molecule has 55 heavy (non-hydrogen) atoms. The second-order valence-corrected chi connectivity index (χ2v) is 16.0. The second-order valence-electron chi connectivity index (χ2n) is 16.0. The van der Waals surface area contributed by atoms with E-state index in [4.69, 9.17) is 4.42 Å². The number of nitrogens with one attached hydrogen (secondary N) is 1. The lowest BCUT2D eigenvalue weighted by Crippen LogP contribution is -2.40.